The van der Waals surface area contributed by atoms with Crippen LogP contribution in [-0.2, 0) is 84.2 Å². The molecule has 0 aromatic carbocycles. The molecule has 0 saturated carbocycles. The molecule has 0 amide bonds. The summed E-state index contributed by atoms with van der Waals surface area (Å²) in [5.41, 5.74) is 0.329. The Bertz CT molecular complexity index is 72.6. The van der Waals surface area contributed by atoms with E-state index >= 15 is 0 Å². The van der Waals surface area contributed by atoms with Crippen molar-refractivity contribution >= 4 is 4.40 Å². The average Bonchev–Trinajstić information content (AvgIpc) is 1.95. The number of rotatable bonds is 0. The van der Waals surface area contributed by atoms with Crippen molar-refractivity contribution in [1.82, 2.24) is 0 Å². The van der Waals surface area contributed by atoms with E-state index in [-0.39, 0.29) is 0 Å². The first-order valence-electron chi connectivity index (χ1n) is 2.29. The molecule has 0 spiro atoms. The molecule has 0 N–H and O–H groups in total. The Morgan fingerprint density at radius 3 is 1.00 bits per heavy atom. The van der Waals surface area contributed by atoms with Crippen LogP contribution in [0.25, 0.3) is 0 Å². The van der Waals surface area contributed by atoms with Gasteiger partial charge in [-0.1, -0.05) is 0 Å². The number of hydrogen-bond acceptors (Lipinski definition) is 0. The monoisotopic (exact) mass is 989 g/mol. The van der Waals surface area contributed by atoms with Gasteiger partial charge >= 0.3 is 115 Å². The van der Waals surface area contributed by atoms with Crippen molar-refractivity contribution in [3.63, 3.8) is 0 Å². The van der Waals surface area contributed by atoms with Gasteiger partial charge in [-0.05, 0) is 0 Å². The predicted octanol–water partition coefficient (Wildman–Crippen LogP) is 1.25. The Hall–Kier alpha value is 3.31. The summed E-state index contributed by atoms with van der Waals surface area (Å²) in [7, 11) is 0. The molecule has 0 saturated heterocycles. The van der Waals surface area contributed by atoms with Crippen LogP contribution >= 0.6 is 0 Å². The standard InChI is InChI=1S/C5H9.5W/c1-5(2,3)4;;;;;/h1-3H3;;;;;/q-1;;;;;. The van der Waals surface area contributed by atoms with Gasteiger partial charge in [0.1, 0.15) is 0 Å². The molecule has 0 aliphatic heterocycles. The van der Waals surface area contributed by atoms with Crippen LogP contribution in [0.5, 0.6) is 0 Å². The zero-order valence-corrected chi connectivity index (χ0v) is 20.7. The molecule has 0 fully saturated rings. The topological polar surface area (TPSA) is 0 Å². The summed E-state index contributed by atoms with van der Waals surface area (Å²) < 4.78 is 3.19. The Labute approximate surface area is 113 Å². The van der Waals surface area contributed by atoms with E-state index in [2.05, 4.69) is 25.2 Å². The second-order valence-electron chi connectivity index (χ2n) is 2.35. The average molecular weight is 988 g/mol. The van der Waals surface area contributed by atoms with Gasteiger partial charge in [-0.25, -0.2) is 0 Å². The van der Waals surface area contributed by atoms with E-state index < -0.39 is 0 Å². The second-order valence-corrected chi connectivity index (χ2v) is 3.09. The maximum absolute atomic E-state index is 3.19. The summed E-state index contributed by atoms with van der Waals surface area (Å²) in [5.74, 6) is 0. The molecule has 0 atom stereocenters. The van der Waals surface area contributed by atoms with Gasteiger partial charge in [-0.3, -0.25) is 0 Å². The van der Waals surface area contributed by atoms with Crippen molar-refractivity contribution < 1.29 is 84.2 Å². The first-order valence-corrected chi connectivity index (χ1v) is 25.8. The van der Waals surface area contributed by atoms with Crippen LogP contribution in [0.15, 0.2) is 0 Å². The van der Waals surface area contributed by atoms with E-state index in [9.17, 15) is 0 Å². The molecule has 0 aromatic heterocycles. The summed E-state index contributed by atoms with van der Waals surface area (Å²) in [6.07, 6.45) is 0. The second kappa shape index (κ2) is 14.8. The minimum absolute atomic E-state index is 0.329. The van der Waals surface area contributed by atoms with E-state index in [0.717, 1.165) is 0 Å². The van der Waals surface area contributed by atoms with Crippen LogP contribution in [0.3, 0.4) is 0 Å². The van der Waals surface area contributed by atoms with Crippen LogP contribution in [-0.4, -0.2) is 4.40 Å². The Morgan fingerprint density at radius 1 is 0.900 bits per heavy atom. The molecule has 0 heterocycles. The summed E-state index contributed by atoms with van der Waals surface area (Å²) in [6.45, 7) is 6.46. The summed E-state index contributed by atoms with van der Waals surface area (Å²) in [6, 6.07) is 0. The van der Waals surface area contributed by atoms with E-state index in [4.69, 9.17) is 0 Å². The third-order valence-corrected chi connectivity index (χ3v) is 2.51. The first kappa shape index (κ1) is 19.0. The third kappa shape index (κ3) is 30.2. The minimum atomic E-state index is 0.329. The normalized spacial score (nSPS) is 7.50. The van der Waals surface area contributed by atoms with Crippen molar-refractivity contribution in [2.24, 2.45) is 5.41 Å². The van der Waals surface area contributed by atoms with Gasteiger partial charge in [0.15, 0.2) is 0 Å². The molecule has 10 heavy (non-hydrogen) atoms. The van der Waals surface area contributed by atoms with Gasteiger partial charge in [0.05, 0.1) is 0 Å². The molecule has 0 aromatic rings. The van der Waals surface area contributed by atoms with E-state index in [1.54, 1.807) is 64.9 Å². The van der Waals surface area contributed by atoms with Crippen LogP contribution in [0.1, 0.15) is 20.8 Å². The van der Waals surface area contributed by atoms with Crippen LogP contribution in [0, 0.1) is 5.41 Å². The molecule has 0 aliphatic carbocycles. The third-order valence-electron chi connectivity index (χ3n) is 0.306. The Morgan fingerprint density at radius 2 is 1.00 bits per heavy atom. The van der Waals surface area contributed by atoms with E-state index in [1.165, 1.54) is 19.4 Å². The predicted molar refractivity (Wildman–Crippen MR) is 24.5 cm³/mol. The van der Waals surface area contributed by atoms with Crippen molar-refractivity contribution in [2.75, 3.05) is 0 Å². The Balaban J connectivity index is -0.000000105. The van der Waals surface area contributed by atoms with Gasteiger partial charge < -0.3 is 0 Å². The fourth-order valence-corrected chi connectivity index (χ4v) is 0. The summed E-state index contributed by atoms with van der Waals surface area (Å²) in [4.78, 5) is 0. The van der Waals surface area contributed by atoms with E-state index in [1.807, 2.05) is 0 Å². The van der Waals surface area contributed by atoms with Crippen LogP contribution in [0.4, 0.5) is 0 Å². The van der Waals surface area contributed by atoms with Gasteiger partial charge in [0, 0.05) is 0 Å². The quantitative estimate of drug-likeness (QED) is 0.322. The van der Waals surface area contributed by atoms with Crippen molar-refractivity contribution in [3.05, 3.63) is 0 Å². The van der Waals surface area contributed by atoms with Gasteiger partial charge in [-0.15, -0.1) is 0 Å². The Kier molecular flexibility index (Phi) is 28.1. The SMILES string of the molecule is CC(C)(C)[C-]=[W].[W]=[W].[W]=[W]. The molecule has 0 radical (unpaired) electrons. The van der Waals surface area contributed by atoms with Crippen LogP contribution < -0.4 is 0 Å². The summed E-state index contributed by atoms with van der Waals surface area (Å²) in [5, 5.41) is 0. The zero-order valence-electron chi connectivity index (χ0n) is 6.04. The van der Waals surface area contributed by atoms with Crippen molar-refractivity contribution in [2.45, 2.75) is 20.8 Å². The molecular weight excluding hydrogens is 979 g/mol. The maximum atomic E-state index is 3.19. The molecule has 5 heteroatoms. The van der Waals surface area contributed by atoms with Gasteiger partial charge in [0.25, 0.3) is 0 Å². The van der Waals surface area contributed by atoms with Crippen molar-refractivity contribution in [3.8, 4) is 0 Å². The fourth-order valence-electron chi connectivity index (χ4n) is 0. The fraction of sp³-hybridized carbons (Fsp3) is 0.800. The van der Waals surface area contributed by atoms with Crippen molar-refractivity contribution in [1.29, 1.82) is 0 Å². The molecule has 0 rings (SSSR count). The van der Waals surface area contributed by atoms with E-state index in [0.29, 0.717) is 5.41 Å². The number of hydrogen-bond donors (Lipinski definition) is 0. The first-order chi connectivity index (χ1) is 4.56. The molecule has 0 aliphatic rings. The summed E-state index contributed by atoms with van der Waals surface area (Å²) >= 11 is 8.11. The van der Waals surface area contributed by atoms with Gasteiger partial charge in [-0.2, -0.15) is 0 Å². The molecule has 60 valence electrons. The van der Waals surface area contributed by atoms with Gasteiger partial charge in [0.2, 0.25) is 0 Å². The molecule has 0 bridgehead atoms. The molecular formula is C5H9W5-. The zero-order chi connectivity index (χ0) is 9.21. The van der Waals surface area contributed by atoms with Crippen LogP contribution in [0.2, 0.25) is 0 Å². The molecule has 0 nitrogen and oxygen atoms in total. The molecule has 0 unspecified atom stereocenters.